The van der Waals surface area contributed by atoms with Gasteiger partial charge in [0.25, 0.3) is 10.2 Å². The Morgan fingerprint density at radius 3 is 2.76 bits per heavy atom. The van der Waals surface area contributed by atoms with Crippen LogP contribution in [-0.2, 0) is 14.9 Å². The summed E-state index contributed by atoms with van der Waals surface area (Å²) in [5.41, 5.74) is 5.37. The van der Waals surface area contributed by atoms with Crippen molar-refractivity contribution < 1.29 is 13.2 Å². The molecule has 2 saturated heterocycles. The van der Waals surface area contributed by atoms with Crippen molar-refractivity contribution in [1.29, 1.82) is 0 Å². The number of ether oxygens (including phenoxy) is 1. The zero-order valence-corrected chi connectivity index (χ0v) is 10.9. The van der Waals surface area contributed by atoms with Crippen molar-refractivity contribution in [2.75, 3.05) is 20.1 Å². The summed E-state index contributed by atoms with van der Waals surface area (Å²) in [4.78, 5) is 0. The van der Waals surface area contributed by atoms with Crippen molar-refractivity contribution >= 4 is 10.2 Å². The molecule has 3 N–H and O–H groups in total. The monoisotopic (exact) mass is 263 g/mol. The first-order valence-corrected chi connectivity index (χ1v) is 7.56. The molecule has 7 heteroatoms. The Bertz CT molecular complexity index is 360. The van der Waals surface area contributed by atoms with Gasteiger partial charge in [0.05, 0.1) is 18.2 Å². The highest BCUT2D eigenvalue weighted by atomic mass is 32.2. The Morgan fingerprint density at radius 1 is 1.47 bits per heavy atom. The third kappa shape index (κ3) is 2.97. The van der Waals surface area contributed by atoms with E-state index in [4.69, 9.17) is 10.5 Å². The van der Waals surface area contributed by atoms with E-state index < -0.39 is 10.2 Å². The van der Waals surface area contributed by atoms with Crippen LogP contribution in [0.15, 0.2) is 0 Å². The molecule has 0 aromatic rings. The van der Waals surface area contributed by atoms with Crippen LogP contribution in [0, 0.1) is 0 Å². The fourth-order valence-electron chi connectivity index (χ4n) is 2.48. The van der Waals surface area contributed by atoms with Crippen LogP contribution in [0.5, 0.6) is 0 Å². The lowest BCUT2D eigenvalue weighted by atomic mass is 9.96. The van der Waals surface area contributed by atoms with Crippen LogP contribution in [0.25, 0.3) is 0 Å². The lowest BCUT2D eigenvalue weighted by Gasteiger charge is -2.24. The lowest BCUT2D eigenvalue weighted by molar-refractivity contribution is 0.0994. The molecule has 0 saturated carbocycles. The molecular weight excluding hydrogens is 242 g/mol. The van der Waals surface area contributed by atoms with Gasteiger partial charge in [0.2, 0.25) is 0 Å². The highest BCUT2D eigenvalue weighted by Crippen LogP contribution is 2.34. The number of hydrogen-bond donors (Lipinski definition) is 2. The summed E-state index contributed by atoms with van der Waals surface area (Å²) < 4.78 is 33.7. The molecule has 0 spiro atoms. The normalized spacial score (nSPS) is 32.5. The molecule has 2 rings (SSSR count). The van der Waals surface area contributed by atoms with Crippen molar-refractivity contribution in [3.8, 4) is 0 Å². The van der Waals surface area contributed by atoms with Crippen LogP contribution in [0.3, 0.4) is 0 Å². The molecule has 2 bridgehead atoms. The van der Waals surface area contributed by atoms with E-state index in [1.165, 1.54) is 4.31 Å². The number of nitrogens with one attached hydrogen (secondary N) is 1. The molecule has 0 radical (unpaired) electrons. The average molecular weight is 263 g/mol. The van der Waals surface area contributed by atoms with Gasteiger partial charge in [0.1, 0.15) is 0 Å². The zero-order chi connectivity index (χ0) is 12.5. The SMILES string of the molecule is CN(CCCN)S(=O)(=O)NC1CC2CCC1O2. The second-order valence-corrected chi connectivity index (χ2v) is 6.61. The van der Waals surface area contributed by atoms with Gasteiger partial charge in [-0.15, -0.1) is 0 Å². The van der Waals surface area contributed by atoms with Gasteiger partial charge in [-0.2, -0.15) is 17.4 Å². The third-order valence-corrected chi connectivity index (χ3v) is 5.10. The molecule has 0 aromatic carbocycles. The first-order chi connectivity index (χ1) is 8.03. The molecule has 0 aliphatic carbocycles. The maximum absolute atomic E-state index is 12.0. The Balaban J connectivity index is 1.88. The van der Waals surface area contributed by atoms with E-state index in [1.807, 2.05) is 0 Å². The Hall–Kier alpha value is -0.210. The third-order valence-electron chi connectivity index (χ3n) is 3.49. The second-order valence-electron chi connectivity index (χ2n) is 4.80. The van der Waals surface area contributed by atoms with Crippen molar-refractivity contribution in [2.24, 2.45) is 5.73 Å². The van der Waals surface area contributed by atoms with Gasteiger partial charge >= 0.3 is 0 Å². The van der Waals surface area contributed by atoms with Crippen LogP contribution < -0.4 is 10.5 Å². The zero-order valence-electron chi connectivity index (χ0n) is 10.1. The summed E-state index contributed by atoms with van der Waals surface area (Å²) in [6.45, 7) is 0.949. The van der Waals surface area contributed by atoms with E-state index in [-0.39, 0.29) is 18.2 Å². The second kappa shape index (κ2) is 5.19. The highest BCUT2D eigenvalue weighted by Gasteiger charge is 2.42. The van der Waals surface area contributed by atoms with E-state index in [2.05, 4.69) is 4.72 Å². The molecule has 2 aliphatic heterocycles. The summed E-state index contributed by atoms with van der Waals surface area (Å²) in [6, 6.07) is -0.0564. The molecule has 2 aliphatic rings. The predicted octanol–water partition coefficient (Wildman–Crippen LogP) is -0.579. The first kappa shape index (κ1) is 13.2. The molecule has 3 atom stereocenters. The molecule has 3 unspecified atom stereocenters. The molecule has 2 heterocycles. The standard InChI is InChI=1S/C10H21N3O3S/c1-13(6-2-5-11)17(14,15)12-9-7-8-3-4-10(9)16-8/h8-10,12H,2-7,11H2,1H3. The topological polar surface area (TPSA) is 84.7 Å². The summed E-state index contributed by atoms with van der Waals surface area (Å²) in [7, 11) is -1.82. The quantitative estimate of drug-likeness (QED) is 0.671. The summed E-state index contributed by atoms with van der Waals surface area (Å²) in [6.07, 6.45) is 3.81. The summed E-state index contributed by atoms with van der Waals surface area (Å²) in [5.74, 6) is 0. The van der Waals surface area contributed by atoms with Crippen LogP contribution in [0.1, 0.15) is 25.7 Å². The van der Waals surface area contributed by atoms with Crippen LogP contribution in [0.2, 0.25) is 0 Å². The lowest BCUT2D eigenvalue weighted by Crippen LogP contribution is -2.47. The maximum Gasteiger partial charge on any atom is 0.279 e. The fourth-order valence-corrected chi connectivity index (χ4v) is 3.66. The molecule has 0 aromatic heterocycles. The number of fused-ring (bicyclic) bond motifs is 2. The minimum atomic E-state index is -3.39. The first-order valence-electron chi connectivity index (χ1n) is 6.12. The Kier molecular flexibility index (Phi) is 4.04. The van der Waals surface area contributed by atoms with Crippen molar-refractivity contribution in [2.45, 2.75) is 43.9 Å². The smallest absolute Gasteiger partial charge is 0.279 e. The van der Waals surface area contributed by atoms with E-state index in [9.17, 15) is 8.42 Å². The van der Waals surface area contributed by atoms with Crippen LogP contribution >= 0.6 is 0 Å². The molecule has 0 amide bonds. The number of rotatable bonds is 6. The van der Waals surface area contributed by atoms with Gasteiger partial charge < -0.3 is 10.5 Å². The average Bonchev–Trinajstić information content (AvgIpc) is 2.86. The largest absolute Gasteiger partial charge is 0.373 e. The summed E-state index contributed by atoms with van der Waals surface area (Å²) in [5, 5.41) is 0. The highest BCUT2D eigenvalue weighted by molar-refractivity contribution is 7.87. The van der Waals surface area contributed by atoms with Gasteiger partial charge in [-0.25, -0.2) is 0 Å². The van der Waals surface area contributed by atoms with Gasteiger partial charge in [-0.1, -0.05) is 0 Å². The Morgan fingerprint density at radius 2 is 2.24 bits per heavy atom. The number of nitrogens with two attached hydrogens (primary N) is 1. The molecular formula is C10H21N3O3S. The molecule has 2 fully saturated rings. The van der Waals surface area contributed by atoms with Gasteiger partial charge in [0.15, 0.2) is 0 Å². The number of nitrogens with zero attached hydrogens (tertiary/aromatic N) is 1. The fraction of sp³-hybridized carbons (Fsp3) is 1.00. The van der Waals surface area contributed by atoms with Crippen molar-refractivity contribution in [3.63, 3.8) is 0 Å². The van der Waals surface area contributed by atoms with Crippen LogP contribution in [0.4, 0.5) is 0 Å². The van der Waals surface area contributed by atoms with Crippen molar-refractivity contribution in [3.05, 3.63) is 0 Å². The van der Waals surface area contributed by atoms with E-state index >= 15 is 0 Å². The maximum atomic E-state index is 12.0. The molecule has 17 heavy (non-hydrogen) atoms. The van der Waals surface area contributed by atoms with Gasteiger partial charge in [0, 0.05) is 13.6 Å². The predicted molar refractivity (Wildman–Crippen MR) is 64.7 cm³/mol. The summed E-state index contributed by atoms with van der Waals surface area (Å²) >= 11 is 0. The van der Waals surface area contributed by atoms with E-state index in [0.29, 0.717) is 19.5 Å². The van der Waals surface area contributed by atoms with Gasteiger partial charge in [-0.3, -0.25) is 0 Å². The van der Waals surface area contributed by atoms with Gasteiger partial charge in [-0.05, 0) is 32.2 Å². The minimum absolute atomic E-state index is 0.0564. The minimum Gasteiger partial charge on any atom is -0.373 e. The molecule has 6 nitrogen and oxygen atoms in total. The van der Waals surface area contributed by atoms with Crippen molar-refractivity contribution in [1.82, 2.24) is 9.03 Å². The van der Waals surface area contributed by atoms with E-state index in [1.54, 1.807) is 7.05 Å². The molecule has 100 valence electrons. The van der Waals surface area contributed by atoms with Crippen LogP contribution in [-0.4, -0.2) is 51.1 Å². The Labute approximate surface area is 103 Å². The number of hydrogen-bond acceptors (Lipinski definition) is 4. The van der Waals surface area contributed by atoms with E-state index in [0.717, 1.165) is 19.3 Å².